The van der Waals surface area contributed by atoms with E-state index >= 15 is 0 Å². The zero-order chi connectivity index (χ0) is 13.7. The van der Waals surface area contributed by atoms with E-state index in [1.54, 1.807) is 12.1 Å². The standard InChI is InChI=1S/C10H6Cl2I2O4/c11-3-8(15)17-5-1-6(13)10(7(14)2-5)18-9(16)4-12/h1-2H,3-4H2. The smallest absolute Gasteiger partial charge is 0.326 e. The first-order valence-corrected chi connectivity index (χ1v) is 7.73. The summed E-state index contributed by atoms with van der Waals surface area (Å²) in [5, 5.41) is 0. The van der Waals surface area contributed by atoms with Crippen LogP contribution >= 0.6 is 68.4 Å². The zero-order valence-electron chi connectivity index (χ0n) is 8.71. The number of carbonyl (C=O) groups excluding carboxylic acids is 2. The maximum atomic E-state index is 11.1. The Balaban J connectivity index is 2.97. The van der Waals surface area contributed by atoms with E-state index in [0.717, 1.165) is 0 Å². The SMILES string of the molecule is O=C(CCl)Oc1cc(I)c(OC(=O)CCl)c(I)c1. The molecule has 0 saturated heterocycles. The lowest BCUT2D eigenvalue weighted by Gasteiger charge is -2.10. The summed E-state index contributed by atoms with van der Waals surface area (Å²) >= 11 is 14.6. The van der Waals surface area contributed by atoms with E-state index in [1.807, 2.05) is 45.2 Å². The summed E-state index contributed by atoms with van der Waals surface area (Å²) < 4.78 is 11.3. The highest BCUT2D eigenvalue weighted by molar-refractivity contribution is 14.1. The second-order valence-corrected chi connectivity index (χ2v) is 5.79. The van der Waals surface area contributed by atoms with Gasteiger partial charge in [0.15, 0.2) is 5.75 Å². The zero-order valence-corrected chi connectivity index (χ0v) is 14.5. The molecule has 0 N–H and O–H groups in total. The van der Waals surface area contributed by atoms with Gasteiger partial charge in [0.1, 0.15) is 17.5 Å². The fourth-order valence-corrected chi connectivity index (χ4v) is 3.03. The molecule has 0 aliphatic rings. The van der Waals surface area contributed by atoms with Crippen LogP contribution in [0.25, 0.3) is 0 Å². The first-order valence-electron chi connectivity index (χ1n) is 4.50. The molecule has 0 aromatic heterocycles. The van der Waals surface area contributed by atoms with Gasteiger partial charge in [0, 0.05) is 0 Å². The summed E-state index contributed by atoms with van der Waals surface area (Å²) in [5.41, 5.74) is 0. The lowest BCUT2D eigenvalue weighted by atomic mass is 10.3. The fourth-order valence-electron chi connectivity index (χ4n) is 0.993. The number of alkyl halides is 2. The lowest BCUT2D eigenvalue weighted by molar-refractivity contribution is -0.132. The number of benzene rings is 1. The number of carbonyl (C=O) groups is 2. The van der Waals surface area contributed by atoms with Crippen molar-refractivity contribution in [3.05, 3.63) is 19.3 Å². The Kier molecular flexibility index (Phi) is 6.96. The Morgan fingerprint density at radius 2 is 1.44 bits per heavy atom. The van der Waals surface area contributed by atoms with Crippen LogP contribution in [0.1, 0.15) is 0 Å². The van der Waals surface area contributed by atoms with Crippen molar-refractivity contribution in [2.24, 2.45) is 0 Å². The molecule has 0 spiro atoms. The van der Waals surface area contributed by atoms with E-state index in [1.165, 1.54) is 0 Å². The quantitative estimate of drug-likeness (QED) is 0.268. The molecule has 1 rings (SSSR count). The van der Waals surface area contributed by atoms with E-state index in [2.05, 4.69) is 0 Å². The average Bonchev–Trinajstić information content (AvgIpc) is 2.33. The molecule has 0 aliphatic heterocycles. The minimum Gasteiger partial charge on any atom is -0.426 e. The molecule has 8 heteroatoms. The molecule has 18 heavy (non-hydrogen) atoms. The summed E-state index contributed by atoms with van der Waals surface area (Å²) in [6.07, 6.45) is 0. The van der Waals surface area contributed by atoms with Gasteiger partial charge in [0.05, 0.1) is 7.14 Å². The molecular weight excluding hydrogens is 509 g/mol. The molecule has 0 amide bonds. The summed E-state index contributed by atoms with van der Waals surface area (Å²) in [5.74, 6) is -0.801. The van der Waals surface area contributed by atoms with Crippen LogP contribution in [0, 0.1) is 7.14 Å². The van der Waals surface area contributed by atoms with E-state index in [9.17, 15) is 9.59 Å². The van der Waals surface area contributed by atoms with Gasteiger partial charge in [-0.3, -0.25) is 9.59 Å². The molecular formula is C10H6Cl2I2O4. The highest BCUT2D eigenvalue weighted by Crippen LogP contribution is 2.32. The highest BCUT2D eigenvalue weighted by Gasteiger charge is 2.14. The molecule has 0 fully saturated rings. The second kappa shape index (κ2) is 7.71. The van der Waals surface area contributed by atoms with E-state index in [0.29, 0.717) is 18.6 Å². The molecule has 1 aromatic rings. The van der Waals surface area contributed by atoms with Crippen LogP contribution in [0.2, 0.25) is 0 Å². The van der Waals surface area contributed by atoms with Crippen molar-refractivity contribution in [2.75, 3.05) is 11.8 Å². The number of ether oxygens (including phenoxy) is 2. The van der Waals surface area contributed by atoms with Crippen molar-refractivity contribution in [1.82, 2.24) is 0 Å². The molecule has 0 bridgehead atoms. The van der Waals surface area contributed by atoms with Gasteiger partial charge in [-0.15, -0.1) is 23.2 Å². The maximum Gasteiger partial charge on any atom is 0.326 e. The van der Waals surface area contributed by atoms with Gasteiger partial charge in [-0.05, 0) is 57.3 Å². The molecule has 0 heterocycles. The van der Waals surface area contributed by atoms with Crippen LogP contribution in [0.3, 0.4) is 0 Å². The van der Waals surface area contributed by atoms with Crippen LogP contribution in [0.15, 0.2) is 12.1 Å². The Morgan fingerprint density at radius 3 is 1.89 bits per heavy atom. The molecule has 0 unspecified atom stereocenters. The Morgan fingerprint density at radius 1 is 1.00 bits per heavy atom. The maximum absolute atomic E-state index is 11.1. The number of esters is 2. The third-order valence-electron chi connectivity index (χ3n) is 1.64. The predicted molar refractivity (Wildman–Crippen MR) is 84.6 cm³/mol. The number of halogens is 4. The minimum absolute atomic E-state index is 0.226. The predicted octanol–water partition coefficient (Wildman–Crippen LogP) is 3.18. The van der Waals surface area contributed by atoms with Crippen molar-refractivity contribution in [2.45, 2.75) is 0 Å². The fraction of sp³-hybridized carbons (Fsp3) is 0.200. The number of hydrogen-bond acceptors (Lipinski definition) is 4. The topological polar surface area (TPSA) is 52.6 Å². The molecule has 0 atom stereocenters. The third-order valence-corrected chi connectivity index (χ3v) is 3.68. The van der Waals surface area contributed by atoms with Crippen LogP contribution in [0.4, 0.5) is 0 Å². The summed E-state index contributed by atoms with van der Waals surface area (Å²) in [7, 11) is 0. The summed E-state index contributed by atoms with van der Waals surface area (Å²) in [6, 6.07) is 3.15. The Hall–Kier alpha value is 0.200. The number of rotatable bonds is 4. The first-order chi connectivity index (χ1) is 8.47. The molecule has 4 nitrogen and oxygen atoms in total. The molecule has 98 valence electrons. The Bertz CT molecular complexity index is 456. The van der Waals surface area contributed by atoms with Crippen molar-refractivity contribution < 1.29 is 19.1 Å². The van der Waals surface area contributed by atoms with Crippen molar-refractivity contribution >= 4 is 80.3 Å². The van der Waals surface area contributed by atoms with Gasteiger partial charge < -0.3 is 9.47 Å². The van der Waals surface area contributed by atoms with Gasteiger partial charge in [0.25, 0.3) is 0 Å². The van der Waals surface area contributed by atoms with Crippen LogP contribution in [-0.4, -0.2) is 23.7 Å². The van der Waals surface area contributed by atoms with Gasteiger partial charge >= 0.3 is 11.9 Å². The van der Waals surface area contributed by atoms with Crippen molar-refractivity contribution in [1.29, 1.82) is 0 Å². The van der Waals surface area contributed by atoms with Crippen LogP contribution < -0.4 is 9.47 Å². The molecule has 0 radical (unpaired) electrons. The largest absolute Gasteiger partial charge is 0.426 e. The number of hydrogen-bond donors (Lipinski definition) is 0. The first kappa shape index (κ1) is 16.3. The molecule has 1 aromatic carbocycles. The molecule has 0 saturated carbocycles. The van der Waals surface area contributed by atoms with Crippen LogP contribution in [0.5, 0.6) is 11.5 Å². The van der Waals surface area contributed by atoms with Crippen LogP contribution in [-0.2, 0) is 9.59 Å². The van der Waals surface area contributed by atoms with E-state index < -0.39 is 11.9 Å². The average molecular weight is 515 g/mol. The van der Waals surface area contributed by atoms with E-state index in [4.69, 9.17) is 32.7 Å². The summed E-state index contributed by atoms with van der Waals surface area (Å²) in [4.78, 5) is 22.2. The van der Waals surface area contributed by atoms with Gasteiger partial charge in [0.2, 0.25) is 0 Å². The van der Waals surface area contributed by atoms with E-state index in [-0.39, 0.29) is 11.8 Å². The van der Waals surface area contributed by atoms with Gasteiger partial charge in [-0.25, -0.2) is 0 Å². The Labute approximate surface area is 141 Å². The van der Waals surface area contributed by atoms with Crippen molar-refractivity contribution in [3.63, 3.8) is 0 Å². The monoisotopic (exact) mass is 514 g/mol. The highest BCUT2D eigenvalue weighted by atomic mass is 127. The minimum atomic E-state index is -0.547. The lowest BCUT2D eigenvalue weighted by Crippen LogP contribution is -2.12. The molecule has 0 aliphatic carbocycles. The van der Waals surface area contributed by atoms with Crippen molar-refractivity contribution in [3.8, 4) is 11.5 Å². The van der Waals surface area contributed by atoms with Gasteiger partial charge in [-0.1, -0.05) is 0 Å². The third kappa shape index (κ3) is 4.71. The second-order valence-electron chi connectivity index (χ2n) is 2.93. The summed E-state index contributed by atoms with van der Waals surface area (Å²) in [6.45, 7) is 0. The van der Waals surface area contributed by atoms with Gasteiger partial charge in [-0.2, -0.15) is 0 Å². The normalized spacial score (nSPS) is 10.0.